The van der Waals surface area contributed by atoms with Gasteiger partial charge in [-0.15, -0.1) is 0 Å². The van der Waals surface area contributed by atoms with Crippen molar-refractivity contribution >= 4 is 22.5 Å². The summed E-state index contributed by atoms with van der Waals surface area (Å²) in [4.78, 5) is 16.4. The standard InChI is InChI=1S/C17H11F3N2O2/c18-17(19,20)10-2-1-3-11(8-10)22-16(24)14-6-7-21-15-9-12(23)4-5-13(14)15/h1-9,23H,(H,22,24). The third-order valence-corrected chi connectivity index (χ3v) is 3.42. The number of phenols is 1. The second kappa shape index (κ2) is 5.84. The number of hydrogen-bond acceptors (Lipinski definition) is 3. The lowest BCUT2D eigenvalue weighted by molar-refractivity contribution is -0.137. The first-order chi connectivity index (χ1) is 11.3. The largest absolute Gasteiger partial charge is 0.508 e. The molecule has 1 amide bonds. The van der Waals surface area contributed by atoms with E-state index in [-0.39, 0.29) is 17.0 Å². The number of phenolic OH excluding ortho intramolecular Hbond substituents is 1. The van der Waals surface area contributed by atoms with Crippen molar-refractivity contribution in [3.8, 4) is 5.75 Å². The van der Waals surface area contributed by atoms with E-state index in [0.29, 0.717) is 10.9 Å². The van der Waals surface area contributed by atoms with Crippen LogP contribution in [-0.4, -0.2) is 16.0 Å². The lowest BCUT2D eigenvalue weighted by Crippen LogP contribution is -2.13. The minimum absolute atomic E-state index is 0.00503. The fourth-order valence-corrected chi connectivity index (χ4v) is 2.31. The van der Waals surface area contributed by atoms with E-state index in [9.17, 15) is 23.1 Å². The molecule has 1 aromatic heterocycles. The molecule has 0 saturated heterocycles. The van der Waals surface area contributed by atoms with Gasteiger partial charge in [0.05, 0.1) is 16.6 Å². The second-order valence-corrected chi connectivity index (χ2v) is 5.09. The van der Waals surface area contributed by atoms with Crippen molar-refractivity contribution in [2.75, 3.05) is 5.32 Å². The molecule has 0 unspecified atom stereocenters. The molecule has 3 rings (SSSR count). The van der Waals surface area contributed by atoms with Crippen molar-refractivity contribution in [2.24, 2.45) is 0 Å². The predicted molar refractivity (Wildman–Crippen MR) is 82.8 cm³/mol. The zero-order chi connectivity index (χ0) is 17.3. The zero-order valence-corrected chi connectivity index (χ0v) is 12.1. The average molecular weight is 332 g/mol. The SMILES string of the molecule is O=C(Nc1cccc(C(F)(F)F)c1)c1ccnc2cc(O)ccc12. The van der Waals surface area contributed by atoms with Crippen LogP contribution < -0.4 is 5.32 Å². The number of rotatable bonds is 2. The van der Waals surface area contributed by atoms with Crippen LogP contribution >= 0.6 is 0 Å². The van der Waals surface area contributed by atoms with Gasteiger partial charge in [-0.25, -0.2) is 0 Å². The maximum absolute atomic E-state index is 12.7. The molecule has 2 aromatic carbocycles. The number of hydrogen-bond donors (Lipinski definition) is 2. The van der Waals surface area contributed by atoms with Crippen molar-refractivity contribution in [1.82, 2.24) is 4.98 Å². The lowest BCUT2D eigenvalue weighted by atomic mass is 10.1. The highest BCUT2D eigenvalue weighted by Gasteiger charge is 2.30. The minimum Gasteiger partial charge on any atom is -0.508 e. The monoisotopic (exact) mass is 332 g/mol. The van der Waals surface area contributed by atoms with Gasteiger partial charge in [0.2, 0.25) is 0 Å². The summed E-state index contributed by atoms with van der Waals surface area (Å²) in [5.41, 5.74) is -0.146. The number of halogens is 3. The smallest absolute Gasteiger partial charge is 0.416 e. The molecule has 24 heavy (non-hydrogen) atoms. The van der Waals surface area contributed by atoms with Crippen molar-refractivity contribution in [1.29, 1.82) is 0 Å². The normalized spacial score (nSPS) is 11.5. The van der Waals surface area contributed by atoms with Crippen LogP contribution in [0.2, 0.25) is 0 Å². The van der Waals surface area contributed by atoms with Crippen molar-refractivity contribution < 1.29 is 23.1 Å². The third-order valence-electron chi connectivity index (χ3n) is 3.42. The highest BCUT2D eigenvalue weighted by atomic mass is 19.4. The van der Waals surface area contributed by atoms with Gasteiger partial charge < -0.3 is 10.4 Å². The number of pyridine rings is 1. The minimum atomic E-state index is -4.48. The van der Waals surface area contributed by atoms with E-state index in [4.69, 9.17) is 0 Å². The van der Waals surface area contributed by atoms with Crippen LogP contribution in [0.1, 0.15) is 15.9 Å². The van der Waals surface area contributed by atoms with Gasteiger partial charge in [0.1, 0.15) is 5.75 Å². The fraction of sp³-hybridized carbons (Fsp3) is 0.0588. The Labute approximate surface area is 134 Å². The number of nitrogens with one attached hydrogen (secondary N) is 1. The molecule has 0 atom stereocenters. The molecule has 0 saturated carbocycles. The van der Waals surface area contributed by atoms with Crippen molar-refractivity contribution in [3.63, 3.8) is 0 Å². The van der Waals surface area contributed by atoms with Gasteiger partial charge in [0, 0.05) is 23.3 Å². The molecule has 0 aliphatic heterocycles. The number of alkyl halides is 3. The topological polar surface area (TPSA) is 62.2 Å². The Morgan fingerprint density at radius 1 is 1.08 bits per heavy atom. The van der Waals surface area contributed by atoms with Crippen molar-refractivity contribution in [3.05, 3.63) is 65.9 Å². The average Bonchev–Trinajstić information content (AvgIpc) is 2.53. The first-order valence-electron chi connectivity index (χ1n) is 6.91. The van der Waals surface area contributed by atoms with E-state index in [1.54, 1.807) is 0 Å². The number of aromatic hydroxyl groups is 1. The first kappa shape index (κ1) is 15.8. The molecule has 1 heterocycles. The van der Waals surface area contributed by atoms with E-state index in [2.05, 4.69) is 10.3 Å². The van der Waals surface area contributed by atoms with Gasteiger partial charge in [-0.3, -0.25) is 9.78 Å². The summed E-state index contributed by atoms with van der Waals surface area (Å²) in [6.07, 6.45) is -3.09. The number of carbonyl (C=O) groups excluding carboxylic acids is 1. The van der Waals surface area contributed by atoms with Gasteiger partial charge in [-0.2, -0.15) is 13.2 Å². The first-order valence-corrected chi connectivity index (χ1v) is 6.91. The number of carbonyl (C=O) groups is 1. The summed E-state index contributed by atoms with van der Waals surface area (Å²) in [6, 6.07) is 10.2. The van der Waals surface area contributed by atoms with Crippen LogP contribution in [0.25, 0.3) is 10.9 Å². The van der Waals surface area contributed by atoms with E-state index in [1.807, 2.05) is 0 Å². The molecule has 7 heteroatoms. The number of aromatic nitrogens is 1. The Bertz CT molecular complexity index is 923. The molecule has 0 fully saturated rings. The second-order valence-electron chi connectivity index (χ2n) is 5.09. The molecule has 4 nitrogen and oxygen atoms in total. The molecule has 3 aromatic rings. The molecule has 0 aliphatic carbocycles. The highest BCUT2D eigenvalue weighted by Crippen LogP contribution is 2.31. The zero-order valence-electron chi connectivity index (χ0n) is 12.1. The summed E-state index contributed by atoms with van der Waals surface area (Å²) in [5.74, 6) is -0.558. The summed E-state index contributed by atoms with van der Waals surface area (Å²) in [5, 5.41) is 12.4. The van der Waals surface area contributed by atoms with E-state index >= 15 is 0 Å². The van der Waals surface area contributed by atoms with E-state index in [0.717, 1.165) is 12.1 Å². The quantitative estimate of drug-likeness (QED) is 0.739. The van der Waals surface area contributed by atoms with Crippen molar-refractivity contribution in [2.45, 2.75) is 6.18 Å². The van der Waals surface area contributed by atoms with Gasteiger partial charge in [0.15, 0.2) is 0 Å². The van der Waals surface area contributed by atoms with Gasteiger partial charge in [0.25, 0.3) is 5.91 Å². The van der Waals surface area contributed by atoms with Crippen LogP contribution in [0.15, 0.2) is 54.7 Å². The van der Waals surface area contributed by atoms with Crippen LogP contribution in [0, 0.1) is 0 Å². The Morgan fingerprint density at radius 3 is 2.62 bits per heavy atom. The predicted octanol–water partition coefficient (Wildman–Crippen LogP) is 4.21. The number of benzene rings is 2. The summed E-state index contributed by atoms with van der Waals surface area (Å²) < 4.78 is 38.2. The maximum atomic E-state index is 12.7. The Morgan fingerprint density at radius 2 is 1.88 bits per heavy atom. The van der Waals surface area contributed by atoms with Gasteiger partial charge in [-0.1, -0.05) is 6.07 Å². The maximum Gasteiger partial charge on any atom is 0.416 e. The summed E-state index contributed by atoms with van der Waals surface area (Å²) in [6.45, 7) is 0. The number of nitrogens with zero attached hydrogens (tertiary/aromatic N) is 1. The van der Waals surface area contributed by atoms with Crippen LogP contribution in [0.4, 0.5) is 18.9 Å². The molecule has 0 bridgehead atoms. The van der Waals surface area contributed by atoms with Crippen LogP contribution in [0.3, 0.4) is 0 Å². The molecule has 0 aliphatic rings. The van der Waals surface area contributed by atoms with Crippen LogP contribution in [0.5, 0.6) is 5.75 Å². The summed E-state index contributed by atoms with van der Waals surface area (Å²) in [7, 11) is 0. The highest BCUT2D eigenvalue weighted by molar-refractivity contribution is 6.12. The van der Waals surface area contributed by atoms with Gasteiger partial charge in [-0.05, 0) is 36.4 Å². The Kier molecular flexibility index (Phi) is 3.84. The molecule has 0 radical (unpaired) electrons. The Hall–Kier alpha value is -3.09. The Balaban J connectivity index is 1.94. The summed E-state index contributed by atoms with van der Waals surface area (Å²) >= 11 is 0. The fourth-order valence-electron chi connectivity index (χ4n) is 2.31. The number of anilines is 1. The molecule has 2 N–H and O–H groups in total. The number of fused-ring (bicyclic) bond motifs is 1. The number of amides is 1. The van der Waals surface area contributed by atoms with E-state index in [1.165, 1.54) is 42.6 Å². The molecular formula is C17H11F3N2O2. The van der Waals surface area contributed by atoms with E-state index < -0.39 is 17.6 Å². The molecule has 122 valence electrons. The third kappa shape index (κ3) is 3.15. The lowest BCUT2D eigenvalue weighted by Gasteiger charge is -2.11. The molecule has 0 spiro atoms. The van der Waals surface area contributed by atoms with Crippen LogP contribution in [-0.2, 0) is 6.18 Å². The van der Waals surface area contributed by atoms with Gasteiger partial charge >= 0.3 is 6.18 Å². The molecular weight excluding hydrogens is 321 g/mol.